The molecule has 3 nitrogen and oxygen atoms in total. The van der Waals surface area contributed by atoms with Crippen LogP contribution in [-0.4, -0.2) is 36.3 Å². The summed E-state index contributed by atoms with van der Waals surface area (Å²) in [7, 11) is 1.61. The minimum absolute atomic E-state index is 0.161. The van der Waals surface area contributed by atoms with Crippen LogP contribution in [0.5, 0.6) is 5.75 Å². The number of hydrogen-bond donors (Lipinski definition) is 1. The van der Waals surface area contributed by atoms with E-state index < -0.39 is 0 Å². The molecule has 0 aromatic heterocycles. The molecule has 0 unspecified atom stereocenters. The zero-order valence-corrected chi connectivity index (χ0v) is 11.8. The fourth-order valence-electron chi connectivity index (χ4n) is 2.28. The molecule has 0 amide bonds. The summed E-state index contributed by atoms with van der Waals surface area (Å²) < 4.78 is 5.33. The van der Waals surface area contributed by atoms with Gasteiger partial charge in [0.1, 0.15) is 5.75 Å². The van der Waals surface area contributed by atoms with Gasteiger partial charge in [0, 0.05) is 30.2 Å². The smallest absolute Gasteiger partial charge is 0.142 e. The second-order valence-electron chi connectivity index (χ2n) is 4.59. The molecule has 100 valence electrons. The molecular formula is C13H17Cl2NO2. The van der Waals surface area contributed by atoms with Crippen LogP contribution in [0.1, 0.15) is 18.4 Å². The fourth-order valence-corrected chi connectivity index (χ4v) is 2.89. The van der Waals surface area contributed by atoms with Gasteiger partial charge < -0.3 is 9.84 Å². The quantitative estimate of drug-likeness (QED) is 0.929. The first-order valence-electron chi connectivity index (χ1n) is 6.02. The standard InChI is InChI=1S/C13H17Cl2NO2/c1-18-13-9(6-10(14)7-12(13)15)8-16-4-2-11(17)3-5-16/h6-7,11,17H,2-5,8H2,1H3. The number of likely N-dealkylation sites (tertiary alicyclic amines) is 1. The molecule has 0 spiro atoms. The lowest BCUT2D eigenvalue weighted by atomic mass is 10.1. The molecule has 1 fully saturated rings. The van der Waals surface area contributed by atoms with Crippen molar-refractivity contribution in [1.29, 1.82) is 0 Å². The zero-order chi connectivity index (χ0) is 13.1. The lowest BCUT2D eigenvalue weighted by Crippen LogP contribution is -2.35. The van der Waals surface area contributed by atoms with Gasteiger partial charge >= 0.3 is 0 Å². The molecule has 1 saturated heterocycles. The summed E-state index contributed by atoms with van der Waals surface area (Å²) in [6.07, 6.45) is 1.47. The summed E-state index contributed by atoms with van der Waals surface area (Å²) in [5.41, 5.74) is 0.992. The molecule has 1 aliphatic heterocycles. The Labute approximate surface area is 117 Å². The lowest BCUT2D eigenvalue weighted by molar-refractivity contribution is 0.0789. The van der Waals surface area contributed by atoms with Crippen molar-refractivity contribution in [3.8, 4) is 5.75 Å². The second-order valence-corrected chi connectivity index (χ2v) is 5.43. The van der Waals surface area contributed by atoms with Gasteiger partial charge in [0.15, 0.2) is 0 Å². The summed E-state index contributed by atoms with van der Waals surface area (Å²) in [6, 6.07) is 3.57. The molecular weight excluding hydrogens is 273 g/mol. The highest BCUT2D eigenvalue weighted by Gasteiger charge is 2.19. The second kappa shape index (κ2) is 6.11. The topological polar surface area (TPSA) is 32.7 Å². The Bertz CT molecular complexity index is 418. The van der Waals surface area contributed by atoms with Crippen LogP contribution < -0.4 is 4.74 Å². The van der Waals surface area contributed by atoms with Crippen LogP contribution in [0, 0.1) is 0 Å². The van der Waals surface area contributed by atoms with Gasteiger partial charge in [-0.05, 0) is 25.0 Å². The first-order valence-corrected chi connectivity index (χ1v) is 6.78. The monoisotopic (exact) mass is 289 g/mol. The molecule has 1 aromatic rings. The van der Waals surface area contributed by atoms with Crippen molar-refractivity contribution in [3.63, 3.8) is 0 Å². The van der Waals surface area contributed by atoms with E-state index in [4.69, 9.17) is 27.9 Å². The Balaban J connectivity index is 2.13. The number of rotatable bonds is 3. The van der Waals surface area contributed by atoms with Crippen LogP contribution in [-0.2, 0) is 6.54 Å². The normalized spacial score (nSPS) is 18.0. The Morgan fingerprint density at radius 3 is 2.61 bits per heavy atom. The number of halogens is 2. The van der Waals surface area contributed by atoms with E-state index in [9.17, 15) is 5.11 Å². The Kier molecular flexibility index (Phi) is 4.73. The first kappa shape index (κ1) is 13.9. The van der Waals surface area contributed by atoms with E-state index in [1.54, 1.807) is 13.2 Å². The van der Waals surface area contributed by atoms with Crippen LogP contribution in [0.25, 0.3) is 0 Å². The Hall–Kier alpha value is -0.480. The molecule has 1 heterocycles. The molecule has 2 rings (SSSR count). The van der Waals surface area contributed by atoms with Crippen LogP contribution >= 0.6 is 23.2 Å². The van der Waals surface area contributed by atoms with E-state index >= 15 is 0 Å². The van der Waals surface area contributed by atoms with E-state index in [-0.39, 0.29) is 6.10 Å². The predicted octanol–water partition coefficient (Wildman–Crippen LogP) is 2.96. The third kappa shape index (κ3) is 3.29. The molecule has 1 aromatic carbocycles. The van der Waals surface area contributed by atoms with Crippen molar-refractivity contribution < 1.29 is 9.84 Å². The van der Waals surface area contributed by atoms with Gasteiger partial charge in [-0.2, -0.15) is 0 Å². The first-order chi connectivity index (χ1) is 8.60. The van der Waals surface area contributed by atoms with E-state index in [0.717, 1.165) is 38.0 Å². The highest BCUT2D eigenvalue weighted by Crippen LogP contribution is 2.33. The number of methoxy groups -OCH3 is 1. The van der Waals surface area contributed by atoms with E-state index in [1.165, 1.54) is 0 Å². The Morgan fingerprint density at radius 2 is 2.00 bits per heavy atom. The Morgan fingerprint density at radius 1 is 1.33 bits per heavy atom. The molecule has 0 aliphatic carbocycles. The molecule has 0 bridgehead atoms. The number of aliphatic hydroxyl groups excluding tert-OH is 1. The molecule has 1 N–H and O–H groups in total. The number of hydrogen-bond acceptors (Lipinski definition) is 3. The maximum Gasteiger partial charge on any atom is 0.142 e. The van der Waals surface area contributed by atoms with Crippen LogP contribution in [0.2, 0.25) is 10.0 Å². The van der Waals surface area contributed by atoms with Gasteiger partial charge in [-0.15, -0.1) is 0 Å². The zero-order valence-electron chi connectivity index (χ0n) is 10.3. The summed E-state index contributed by atoms with van der Waals surface area (Å²) in [5.74, 6) is 0.687. The van der Waals surface area contributed by atoms with Crippen molar-refractivity contribution >= 4 is 23.2 Å². The lowest BCUT2D eigenvalue weighted by Gasteiger charge is -2.30. The predicted molar refractivity (Wildman–Crippen MR) is 73.5 cm³/mol. The molecule has 18 heavy (non-hydrogen) atoms. The summed E-state index contributed by atoms with van der Waals surface area (Å²) in [4.78, 5) is 2.28. The minimum atomic E-state index is -0.161. The fraction of sp³-hybridized carbons (Fsp3) is 0.538. The minimum Gasteiger partial charge on any atom is -0.495 e. The van der Waals surface area contributed by atoms with Gasteiger partial charge in [-0.3, -0.25) is 4.90 Å². The van der Waals surface area contributed by atoms with E-state index in [2.05, 4.69) is 4.90 Å². The van der Waals surface area contributed by atoms with Crippen LogP contribution in [0.15, 0.2) is 12.1 Å². The molecule has 0 saturated carbocycles. The van der Waals surface area contributed by atoms with E-state index in [0.29, 0.717) is 15.8 Å². The van der Waals surface area contributed by atoms with E-state index in [1.807, 2.05) is 6.07 Å². The maximum absolute atomic E-state index is 9.49. The highest BCUT2D eigenvalue weighted by atomic mass is 35.5. The van der Waals surface area contributed by atoms with Gasteiger partial charge in [0.05, 0.1) is 18.2 Å². The van der Waals surface area contributed by atoms with Gasteiger partial charge in [-0.1, -0.05) is 23.2 Å². The number of piperidine rings is 1. The van der Waals surface area contributed by atoms with Crippen molar-refractivity contribution in [2.24, 2.45) is 0 Å². The van der Waals surface area contributed by atoms with Gasteiger partial charge in [-0.25, -0.2) is 0 Å². The SMILES string of the molecule is COc1c(Cl)cc(Cl)cc1CN1CCC(O)CC1. The van der Waals surface area contributed by atoms with Crippen LogP contribution in [0.4, 0.5) is 0 Å². The third-order valence-electron chi connectivity index (χ3n) is 3.24. The number of benzene rings is 1. The number of aliphatic hydroxyl groups is 1. The largest absolute Gasteiger partial charge is 0.495 e. The molecule has 0 radical (unpaired) electrons. The van der Waals surface area contributed by atoms with Crippen molar-refractivity contribution in [1.82, 2.24) is 4.90 Å². The summed E-state index contributed by atoms with van der Waals surface area (Å²) in [6.45, 7) is 2.51. The molecule has 1 aliphatic rings. The van der Waals surface area contributed by atoms with Crippen molar-refractivity contribution in [2.75, 3.05) is 20.2 Å². The molecule has 5 heteroatoms. The number of nitrogens with zero attached hydrogens (tertiary/aromatic N) is 1. The average molecular weight is 290 g/mol. The average Bonchev–Trinajstić information content (AvgIpc) is 2.32. The van der Waals surface area contributed by atoms with Gasteiger partial charge in [0.25, 0.3) is 0 Å². The van der Waals surface area contributed by atoms with Gasteiger partial charge in [0.2, 0.25) is 0 Å². The number of ether oxygens (including phenoxy) is 1. The summed E-state index contributed by atoms with van der Waals surface area (Å²) in [5, 5.41) is 10.6. The third-order valence-corrected chi connectivity index (χ3v) is 3.74. The maximum atomic E-state index is 9.49. The van der Waals surface area contributed by atoms with Crippen molar-refractivity contribution in [3.05, 3.63) is 27.7 Å². The molecule has 0 atom stereocenters. The van der Waals surface area contributed by atoms with Crippen LogP contribution in [0.3, 0.4) is 0 Å². The summed E-state index contributed by atoms with van der Waals surface area (Å²) >= 11 is 12.1. The highest BCUT2D eigenvalue weighted by molar-refractivity contribution is 6.35. The van der Waals surface area contributed by atoms with Crippen molar-refractivity contribution in [2.45, 2.75) is 25.5 Å².